The van der Waals surface area contributed by atoms with E-state index in [-0.39, 0.29) is 17.9 Å². The van der Waals surface area contributed by atoms with Crippen LogP contribution in [0.1, 0.15) is 22.6 Å². The molecule has 0 saturated carbocycles. The van der Waals surface area contributed by atoms with E-state index < -0.39 is 0 Å². The van der Waals surface area contributed by atoms with Gasteiger partial charge < -0.3 is 15.0 Å². The Kier molecular flexibility index (Phi) is 5.40. The number of aromatic nitrogens is 4. The predicted molar refractivity (Wildman–Crippen MR) is 106 cm³/mol. The molecule has 1 aliphatic rings. The van der Waals surface area contributed by atoms with E-state index in [0.29, 0.717) is 62.3 Å². The number of morpholine rings is 1. The summed E-state index contributed by atoms with van der Waals surface area (Å²) in [5.41, 5.74) is 0.928. The Morgan fingerprint density at radius 1 is 1.36 bits per heavy atom. The number of nitrogens with zero attached hydrogens (tertiary/aromatic N) is 4. The highest BCUT2D eigenvalue weighted by molar-refractivity contribution is 7.09. The summed E-state index contributed by atoms with van der Waals surface area (Å²) in [5.74, 6) is 0.841. The van der Waals surface area contributed by atoms with E-state index in [2.05, 4.69) is 20.4 Å². The first-order valence-electron chi connectivity index (χ1n) is 9.22. The number of anilines is 1. The van der Waals surface area contributed by atoms with Crippen molar-refractivity contribution in [2.45, 2.75) is 26.3 Å². The van der Waals surface area contributed by atoms with Crippen LogP contribution < -0.4 is 10.9 Å². The number of carbonyl (C=O) groups excluding carboxylic acids is 1. The number of nitrogens with one attached hydrogen (secondary N) is 2. The summed E-state index contributed by atoms with van der Waals surface area (Å²) in [6.45, 7) is 4.74. The molecule has 0 radical (unpaired) electrons. The molecule has 2 N–H and O–H groups in total. The van der Waals surface area contributed by atoms with Crippen LogP contribution in [-0.2, 0) is 22.5 Å². The summed E-state index contributed by atoms with van der Waals surface area (Å²) in [4.78, 5) is 37.0. The largest absolute Gasteiger partial charge is 0.378 e. The first-order valence-corrected chi connectivity index (χ1v) is 10.1. The van der Waals surface area contributed by atoms with Crippen LogP contribution in [0, 0.1) is 6.92 Å². The third kappa shape index (κ3) is 3.92. The fraction of sp³-hybridized carbons (Fsp3) is 0.444. The molecule has 4 heterocycles. The smallest absolute Gasteiger partial charge is 0.277 e. The van der Waals surface area contributed by atoms with Crippen molar-refractivity contribution in [3.05, 3.63) is 44.0 Å². The van der Waals surface area contributed by atoms with Crippen molar-refractivity contribution >= 4 is 29.0 Å². The van der Waals surface area contributed by atoms with Gasteiger partial charge in [-0.3, -0.25) is 14.7 Å². The minimum Gasteiger partial charge on any atom is -0.378 e. The molecule has 0 bridgehead atoms. The standard InChI is InChI=1S/C18H22N6O3S/c1-12-14(4-5-15(25)23-6-8-27-9-7-23)16(26)24-18(20-12)21-17(22-24)19-11-13-3-2-10-28-13/h2-3,10H,4-9,11H2,1H3,(H2,19,20,21,22). The Labute approximate surface area is 165 Å². The Morgan fingerprint density at radius 2 is 2.18 bits per heavy atom. The number of carbonyl (C=O) groups is 1. The van der Waals surface area contributed by atoms with Gasteiger partial charge in [-0.05, 0) is 24.8 Å². The van der Waals surface area contributed by atoms with E-state index >= 15 is 0 Å². The summed E-state index contributed by atoms with van der Waals surface area (Å²) in [6.07, 6.45) is 0.634. The molecule has 148 valence electrons. The number of aryl methyl sites for hydroxylation is 1. The van der Waals surface area contributed by atoms with Gasteiger partial charge >= 0.3 is 0 Å². The van der Waals surface area contributed by atoms with Gasteiger partial charge in [-0.25, -0.2) is 4.98 Å². The molecular formula is C18H22N6O3S. The van der Waals surface area contributed by atoms with Gasteiger partial charge in [0.05, 0.1) is 25.5 Å². The molecule has 0 aliphatic carbocycles. The van der Waals surface area contributed by atoms with Crippen LogP contribution in [0.4, 0.5) is 5.95 Å². The maximum absolute atomic E-state index is 12.9. The summed E-state index contributed by atoms with van der Waals surface area (Å²) in [7, 11) is 0. The third-order valence-corrected chi connectivity index (χ3v) is 5.63. The second-order valence-corrected chi connectivity index (χ2v) is 7.65. The summed E-state index contributed by atoms with van der Waals surface area (Å²) in [5, 5.41) is 8.13. The van der Waals surface area contributed by atoms with Crippen molar-refractivity contribution < 1.29 is 9.53 Å². The minimum absolute atomic E-state index is 0.0371. The Morgan fingerprint density at radius 3 is 2.93 bits per heavy atom. The number of aromatic amines is 1. The zero-order valence-corrected chi connectivity index (χ0v) is 16.4. The van der Waals surface area contributed by atoms with Gasteiger partial charge in [0.15, 0.2) is 0 Å². The second-order valence-electron chi connectivity index (χ2n) is 6.61. The fourth-order valence-electron chi connectivity index (χ4n) is 3.21. The lowest BCUT2D eigenvalue weighted by atomic mass is 10.1. The van der Waals surface area contributed by atoms with Crippen LogP contribution in [0.25, 0.3) is 5.78 Å². The van der Waals surface area contributed by atoms with Gasteiger partial charge in [0.1, 0.15) is 0 Å². The zero-order chi connectivity index (χ0) is 19.5. The lowest BCUT2D eigenvalue weighted by molar-refractivity contribution is -0.135. The van der Waals surface area contributed by atoms with Gasteiger partial charge in [-0.2, -0.15) is 9.50 Å². The molecule has 3 aromatic heterocycles. The van der Waals surface area contributed by atoms with Crippen molar-refractivity contribution in [2.75, 3.05) is 31.6 Å². The van der Waals surface area contributed by atoms with Crippen LogP contribution in [0.3, 0.4) is 0 Å². The molecule has 1 fully saturated rings. The number of amides is 1. The third-order valence-electron chi connectivity index (χ3n) is 4.76. The Bertz CT molecular complexity index is 1020. The molecular weight excluding hydrogens is 380 g/mol. The molecule has 0 unspecified atom stereocenters. The molecule has 1 amide bonds. The number of thiophene rings is 1. The number of fused-ring (bicyclic) bond motifs is 1. The lowest BCUT2D eigenvalue weighted by Crippen LogP contribution is -2.41. The summed E-state index contributed by atoms with van der Waals surface area (Å²) >= 11 is 1.65. The van der Waals surface area contributed by atoms with Gasteiger partial charge in [0, 0.05) is 30.0 Å². The van der Waals surface area contributed by atoms with Crippen LogP contribution in [-0.4, -0.2) is 56.7 Å². The maximum Gasteiger partial charge on any atom is 0.277 e. The first-order chi connectivity index (χ1) is 13.6. The van der Waals surface area contributed by atoms with Crippen molar-refractivity contribution in [2.24, 2.45) is 0 Å². The van der Waals surface area contributed by atoms with Crippen molar-refractivity contribution in [1.29, 1.82) is 0 Å². The summed E-state index contributed by atoms with van der Waals surface area (Å²) in [6, 6.07) is 4.01. The SMILES string of the molecule is Cc1nc2nc(NCc3cccs3)[nH]n2c(=O)c1CCC(=O)N1CCOCC1. The minimum atomic E-state index is -0.214. The molecule has 0 spiro atoms. The highest BCUT2D eigenvalue weighted by Gasteiger charge is 2.19. The van der Waals surface area contributed by atoms with E-state index in [0.717, 1.165) is 0 Å². The number of H-pyrrole nitrogens is 1. The Hall–Kier alpha value is -2.72. The first kappa shape index (κ1) is 18.6. The normalized spacial score (nSPS) is 14.5. The topological polar surface area (TPSA) is 105 Å². The quantitative estimate of drug-likeness (QED) is 0.642. The number of hydrogen-bond acceptors (Lipinski definition) is 7. The number of ether oxygens (including phenoxy) is 1. The van der Waals surface area contributed by atoms with Gasteiger partial charge in [0.25, 0.3) is 11.3 Å². The van der Waals surface area contributed by atoms with E-state index in [1.807, 2.05) is 17.5 Å². The van der Waals surface area contributed by atoms with Crippen LogP contribution in [0.15, 0.2) is 22.3 Å². The Balaban J connectivity index is 1.48. The van der Waals surface area contributed by atoms with Crippen LogP contribution in [0.2, 0.25) is 0 Å². The number of rotatable bonds is 6. The monoisotopic (exact) mass is 402 g/mol. The molecule has 28 heavy (non-hydrogen) atoms. The molecule has 1 aliphatic heterocycles. The molecule has 9 nitrogen and oxygen atoms in total. The fourth-order valence-corrected chi connectivity index (χ4v) is 3.85. The predicted octanol–water partition coefficient (Wildman–Crippen LogP) is 1.19. The van der Waals surface area contributed by atoms with Crippen molar-refractivity contribution in [1.82, 2.24) is 24.5 Å². The lowest BCUT2D eigenvalue weighted by Gasteiger charge is -2.26. The van der Waals surface area contributed by atoms with Gasteiger partial charge in [-0.1, -0.05) is 6.07 Å². The maximum atomic E-state index is 12.9. The van der Waals surface area contributed by atoms with E-state index in [4.69, 9.17) is 4.74 Å². The van der Waals surface area contributed by atoms with Gasteiger partial charge in [0.2, 0.25) is 11.9 Å². The van der Waals surface area contributed by atoms with Crippen molar-refractivity contribution in [3.8, 4) is 0 Å². The molecule has 3 aromatic rings. The summed E-state index contributed by atoms with van der Waals surface area (Å²) < 4.78 is 6.60. The highest BCUT2D eigenvalue weighted by atomic mass is 32.1. The average Bonchev–Trinajstić information content (AvgIpc) is 3.36. The van der Waals surface area contributed by atoms with Gasteiger partial charge in [-0.15, -0.1) is 11.3 Å². The number of hydrogen-bond donors (Lipinski definition) is 2. The second kappa shape index (κ2) is 8.11. The molecule has 1 saturated heterocycles. The molecule has 4 rings (SSSR count). The average molecular weight is 402 g/mol. The molecule has 0 aromatic carbocycles. The van der Waals surface area contributed by atoms with E-state index in [1.165, 1.54) is 9.39 Å². The van der Waals surface area contributed by atoms with Crippen LogP contribution in [0.5, 0.6) is 0 Å². The zero-order valence-electron chi connectivity index (χ0n) is 15.6. The molecule has 10 heteroatoms. The van der Waals surface area contributed by atoms with Crippen LogP contribution >= 0.6 is 11.3 Å². The van der Waals surface area contributed by atoms with E-state index in [1.54, 1.807) is 23.2 Å². The molecule has 0 atom stereocenters. The van der Waals surface area contributed by atoms with E-state index in [9.17, 15) is 9.59 Å². The van der Waals surface area contributed by atoms with Crippen molar-refractivity contribution in [3.63, 3.8) is 0 Å². The highest BCUT2D eigenvalue weighted by Crippen LogP contribution is 2.12.